The number of aromatic nitrogens is 2. The molecule has 41 heavy (non-hydrogen) atoms. The molecule has 5 aromatic rings. The number of nitrogens with zero attached hydrogens (tertiary/aromatic N) is 2. The Labute approximate surface area is 259 Å². The zero-order valence-corrected chi connectivity index (χ0v) is 26.4. The standard InChI is InChI=1S/C19H22N.C19H16N.Ir/c1-15-14-20-19(17-10-6-3-7-11-17)13-18(15)12-16-8-4-2-5-9-16;1-15(16-8-3-2-4-9-16)17-10-7-11-18(14-17)19-12-5-6-13-20-19;/h3,6-7,10,13-14,16H,2,4-5,8-9,12H2,1H3;2-10,12-15H,1H3;/q2*-1;. The van der Waals surface area contributed by atoms with Crippen LogP contribution in [0, 0.1) is 25.0 Å². The van der Waals surface area contributed by atoms with Gasteiger partial charge in [-0.2, -0.15) is 0 Å². The van der Waals surface area contributed by atoms with E-state index in [9.17, 15) is 0 Å². The molecule has 2 heterocycles. The summed E-state index contributed by atoms with van der Waals surface area (Å²) < 4.78 is 0. The van der Waals surface area contributed by atoms with Crippen molar-refractivity contribution >= 4 is 0 Å². The van der Waals surface area contributed by atoms with Gasteiger partial charge in [-0.05, 0) is 53.8 Å². The summed E-state index contributed by atoms with van der Waals surface area (Å²) in [5, 5.41) is 0. The molecule has 6 rings (SSSR count). The van der Waals surface area contributed by atoms with Gasteiger partial charge in [-0.1, -0.05) is 93.1 Å². The van der Waals surface area contributed by atoms with Crippen LogP contribution < -0.4 is 0 Å². The van der Waals surface area contributed by atoms with E-state index in [1.165, 1.54) is 60.8 Å². The van der Waals surface area contributed by atoms with Crippen molar-refractivity contribution < 1.29 is 20.1 Å². The second-order valence-corrected chi connectivity index (χ2v) is 10.9. The van der Waals surface area contributed by atoms with Gasteiger partial charge in [0, 0.05) is 32.5 Å². The average Bonchev–Trinajstić information content (AvgIpc) is 3.04. The molecular weight excluding hydrogens is 677 g/mol. The summed E-state index contributed by atoms with van der Waals surface area (Å²) in [6.45, 7) is 4.41. The van der Waals surface area contributed by atoms with Crippen LogP contribution in [0.15, 0.2) is 109 Å². The first-order valence-corrected chi connectivity index (χ1v) is 14.6. The normalized spacial score (nSPS) is 13.8. The summed E-state index contributed by atoms with van der Waals surface area (Å²) in [6, 6.07) is 39.7. The van der Waals surface area contributed by atoms with Gasteiger partial charge in [0.25, 0.3) is 0 Å². The molecule has 1 fully saturated rings. The molecular formula is C38H38IrN2-2. The van der Waals surface area contributed by atoms with Crippen LogP contribution >= 0.6 is 0 Å². The van der Waals surface area contributed by atoms with E-state index in [-0.39, 0.29) is 20.1 Å². The Kier molecular flexibility index (Phi) is 11.6. The van der Waals surface area contributed by atoms with Crippen LogP contribution in [0.3, 0.4) is 0 Å². The van der Waals surface area contributed by atoms with Crippen LogP contribution in [0.25, 0.3) is 22.5 Å². The van der Waals surface area contributed by atoms with Crippen LogP contribution in [-0.2, 0) is 26.5 Å². The summed E-state index contributed by atoms with van der Waals surface area (Å²) in [7, 11) is 0. The third kappa shape index (κ3) is 8.55. The molecule has 3 heteroatoms. The molecule has 0 N–H and O–H groups in total. The van der Waals surface area contributed by atoms with Crippen LogP contribution in [0.4, 0.5) is 0 Å². The zero-order valence-electron chi connectivity index (χ0n) is 24.0. The third-order valence-corrected chi connectivity index (χ3v) is 8.00. The minimum Gasteiger partial charge on any atom is -0.305 e. The molecule has 1 atom stereocenters. The summed E-state index contributed by atoms with van der Waals surface area (Å²) in [5.41, 5.74) is 9.58. The van der Waals surface area contributed by atoms with E-state index in [1.54, 1.807) is 0 Å². The van der Waals surface area contributed by atoms with E-state index in [1.807, 2.05) is 60.9 Å². The third-order valence-electron chi connectivity index (χ3n) is 8.00. The topological polar surface area (TPSA) is 25.8 Å². The van der Waals surface area contributed by atoms with Crippen molar-refractivity contribution in [3.05, 3.63) is 144 Å². The minimum absolute atomic E-state index is 0. The second-order valence-electron chi connectivity index (χ2n) is 10.9. The van der Waals surface area contributed by atoms with Crippen molar-refractivity contribution in [2.24, 2.45) is 5.92 Å². The van der Waals surface area contributed by atoms with Gasteiger partial charge in [-0.25, -0.2) is 0 Å². The maximum atomic E-state index is 4.57. The maximum Gasteiger partial charge on any atom is 0.0192 e. The van der Waals surface area contributed by atoms with Crippen molar-refractivity contribution in [1.29, 1.82) is 0 Å². The summed E-state index contributed by atoms with van der Waals surface area (Å²) in [4.78, 5) is 8.96. The smallest absolute Gasteiger partial charge is 0.0192 e. The van der Waals surface area contributed by atoms with Gasteiger partial charge < -0.3 is 9.97 Å². The summed E-state index contributed by atoms with van der Waals surface area (Å²) in [6.07, 6.45) is 12.1. The minimum atomic E-state index is 0. The summed E-state index contributed by atoms with van der Waals surface area (Å²) in [5.74, 6) is 1.24. The van der Waals surface area contributed by atoms with E-state index in [0.29, 0.717) is 5.92 Å². The molecule has 1 unspecified atom stereocenters. The van der Waals surface area contributed by atoms with Crippen molar-refractivity contribution in [3.8, 4) is 22.5 Å². The predicted octanol–water partition coefficient (Wildman–Crippen LogP) is 9.68. The Morgan fingerprint density at radius 1 is 0.732 bits per heavy atom. The van der Waals surface area contributed by atoms with Crippen LogP contribution in [-0.4, -0.2) is 9.97 Å². The van der Waals surface area contributed by atoms with E-state index < -0.39 is 0 Å². The van der Waals surface area contributed by atoms with Gasteiger partial charge in [-0.15, -0.1) is 71.3 Å². The quantitative estimate of drug-likeness (QED) is 0.164. The molecule has 0 saturated heterocycles. The molecule has 211 valence electrons. The first-order valence-electron chi connectivity index (χ1n) is 14.6. The Bertz CT molecular complexity index is 1460. The fraction of sp³-hybridized carbons (Fsp3) is 0.263. The molecule has 0 spiro atoms. The van der Waals surface area contributed by atoms with Crippen molar-refractivity contribution in [3.63, 3.8) is 0 Å². The Morgan fingerprint density at radius 2 is 1.49 bits per heavy atom. The van der Waals surface area contributed by atoms with E-state index >= 15 is 0 Å². The number of benzene rings is 3. The largest absolute Gasteiger partial charge is 0.305 e. The van der Waals surface area contributed by atoms with Crippen molar-refractivity contribution in [2.75, 3.05) is 0 Å². The summed E-state index contributed by atoms with van der Waals surface area (Å²) >= 11 is 0. The van der Waals surface area contributed by atoms with Crippen molar-refractivity contribution in [2.45, 2.75) is 58.3 Å². The Morgan fingerprint density at radius 3 is 2.22 bits per heavy atom. The van der Waals surface area contributed by atoms with Crippen LogP contribution in [0.2, 0.25) is 0 Å². The molecule has 3 aromatic carbocycles. The van der Waals surface area contributed by atoms with E-state index in [0.717, 1.165) is 28.4 Å². The van der Waals surface area contributed by atoms with Gasteiger partial charge in [0.1, 0.15) is 0 Å². The zero-order chi connectivity index (χ0) is 27.6. The number of hydrogen-bond acceptors (Lipinski definition) is 2. The van der Waals surface area contributed by atoms with Gasteiger partial charge in [0.2, 0.25) is 0 Å². The molecule has 2 aromatic heterocycles. The van der Waals surface area contributed by atoms with Crippen LogP contribution in [0.1, 0.15) is 67.2 Å². The molecule has 1 aliphatic rings. The van der Waals surface area contributed by atoms with E-state index in [2.05, 4.69) is 84.5 Å². The molecule has 0 aliphatic heterocycles. The fourth-order valence-corrected chi connectivity index (χ4v) is 5.55. The van der Waals surface area contributed by atoms with Gasteiger partial charge >= 0.3 is 0 Å². The van der Waals surface area contributed by atoms with Gasteiger partial charge in [-0.3, -0.25) is 0 Å². The SMILES string of the molecule is CC(c1ccccc1)c1cc[c-]c(-c2ccccn2)c1.Cc1cnc(-c2[c-]cccc2)cc1CC1CCCCC1.[Ir]. The Hall–Kier alpha value is -3.39. The number of aryl methyl sites for hydroxylation is 1. The molecule has 1 saturated carbocycles. The first-order chi connectivity index (χ1) is 19.7. The molecule has 0 amide bonds. The monoisotopic (exact) mass is 715 g/mol. The molecule has 1 aliphatic carbocycles. The number of rotatable bonds is 6. The van der Waals surface area contributed by atoms with E-state index in [4.69, 9.17) is 0 Å². The van der Waals surface area contributed by atoms with Crippen molar-refractivity contribution in [1.82, 2.24) is 9.97 Å². The average molecular weight is 715 g/mol. The molecule has 2 nitrogen and oxygen atoms in total. The first kappa shape index (κ1) is 30.6. The number of pyridine rings is 2. The van der Waals surface area contributed by atoms with Crippen LogP contribution in [0.5, 0.6) is 0 Å². The maximum absolute atomic E-state index is 4.57. The fourth-order valence-electron chi connectivity index (χ4n) is 5.55. The predicted molar refractivity (Wildman–Crippen MR) is 166 cm³/mol. The number of hydrogen-bond donors (Lipinski definition) is 0. The Balaban J connectivity index is 0.000000184. The molecule has 1 radical (unpaired) electrons. The molecule has 0 bridgehead atoms. The second kappa shape index (κ2) is 15.6. The van der Waals surface area contributed by atoms with Gasteiger partial charge in [0.05, 0.1) is 0 Å². The van der Waals surface area contributed by atoms with Gasteiger partial charge in [0.15, 0.2) is 0 Å².